The van der Waals surface area contributed by atoms with Gasteiger partial charge in [0.15, 0.2) is 11.6 Å². The number of hydrogen-bond acceptors (Lipinski definition) is 3. The first-order chi connectivity index (χ1) is 9.83. The second kappa shape index (κ2) is 6.61. The van der Waals surface area contributed by atoms with Crippen molar-refractivity contribution in [2.75, 3.05) is 13.7 Å². The molecule has 1 aromatic carbocycles. The first-order valence-corrected chi connectivity index (χ1v) is 11.6. The second-order valence-electron chi connectivity index (χ2n) is 6.11. The highest BCUT2D eigenvalue weighted by Crippen LogP contribution is 2.32. The van der Waals surface area contributed by atoms with Gasteiger partial charge >= 0.3 is 0 Å². The van der Waals surface area contributed by atoms with Crippen LogP contribution in [0.4, 0.5) is 4.39 Å². The van der Waals surface area contributed by atoms with E-state index in [4.69, 9.17) is 9.47 Å². The molecular formula is C14H20FIN2O2Si. The summed E-state index contributed by atoms with van der Waals surface area (Å²) in [5, 5.41) is 5.12. The predicted octanol–water partition coefficient (Wildman–Crippen LogP) is 4.10. The minimum atomic E-state index is -1.09. The molecule has 0 fully saturated rings. The number of fused-ring (bicyclic) bond motifs is 1. The van der Waals surface area contributed by atoms with Crippen molar-refractivity contribution in [1.82, 2.24) is 9.78 Å². The quantitative estimate of drug-likeness (QED) is 0.400. The Bertz CT molecular complexity index is 640. The molecule has 1 heterocycles. The Morgan fingerprint density at radius 1 is 1.33 bits per heavy atom. The van der Waals surface area contributed by atoms with E-state index < -0.39 is 8.07 Å². The fourth-order valence-corrected chi connectivity index (χ4v) is 3.54. The summed E-state index contributed by atoms with van der Waals surface area (Å²) in [6.07, 6.45) is 0. The van der Waals surface area contributed by atoms with Gasteiger partial charge in [-0.2, -0.15) is 5.10 Å². The SMILES string of the molecule is COc1c(F)ccc2c1c(I)nn2COCC[Si](C)(C)C. The van der Waals surface area contributed by atoms with Gasteiger partial charge in [0.05, 0.1) is 18.0 Å². The van der Waals surface area contributed by atoms with Crippen LogP contribution in [-0.2, 0) is 11.5 Å². The molecule has 0 unspecified atom stereocenters. The molecule has 0 aliphatic heterocycles. The lowest BCUT2D eigenvalue weighted by atomic mass is 10.2. The number of rotatable bonds is 6. The molecule has 21 heavy (non-hydrogen) atoms. The van der Waals surface area contributed by atoms with Crippen LogP contribution in [0.2, 0.25) is 25.7 Å². The van der Waals surface area contributed by atoms with Gasteiger partial charge in [0, 0.05) is 14.7 Å². The molecule has 0 saturated carbocycles. The van der Waals surface area contributed by atoms with Gasteiger partial charge in [-0.3, -0.25) is 0 Å². The summed E-state index contributed by atoms with van der Waals surface area (Å²) in [5.41, 5.74) is 0.825. The maximum Gasteiger partial charge on any atom is 0.166 e. The van der Waals surface area contributed by atoms with Crippen LogP contribution in [0.25, 0.3) is 10.9 Å². The maximum atomic E-state index is 13.8. The van der Waals surface area contributed by atoms with E-state index >= 15 is 0 Å². The number of methoxy groups -OCH3 is 1. The molecule has 0 amide bonds. The first kappa shape index (κ1) is 16.7. The summed E-state index contributed by atoms with van der Waals surface area (Å²) in [4.78, 5) is 0. The third-order valence-electron chi connectivity index (χ3n) is 3.19. The van der Waals surface area contributed by atoms with Gasteiger partial charge in [0.1, 0.15) is 10.4 Å². The third kappa shape index (κ3) is 3.95. The normalized spacial score (nSPS) is 12.1. The zero-order chi connectivity index (χ0) is 15.6. The summed E-state index contributed by atoms with van der Waals surface area (Å²) in [5.74, 6) is -0.132. The molecule has 1 aromatic heterocycles. The summed E-state index contributed by atoms with van der Waals surface area (Å²) < 4.78 is 27.1. The van der Waals surface area contributed by atoms with E-state index in [0.29, 0.717) is 15.8 Å². The molecule has 0 aliphatic carbocycles. The van der Waals surface area contributed by atoms with E-state index in [-0.39, 0.29) is 11.6 Å². The smallest absolute Gasteiger partial charge is 0.166 e. The number of halogens is 2. The fourth-order valence-electron chi connectivity index (χ4n) is 2.00. The Hall–Kier alpha value is -0.673. The van der Waals surface area contributed by atoms with Crippen LogP contribution in [0.3, 0.4) is 0 Å². The zero-order valence-electron chi connectivity index (χ0n) is 12.7. The number of aromatic nitrogens is 2. The fraction of sp³-hybridized carbons (Fsp3) is 0.500. The number of hydrogen-bond donors (Lipinski definition) is 0. The van der Waals surface area contributed by atoms with E-state index in [0.717, 1.165) is 18.2 Å². The van der Waals surface area contributed by atoms with Gasteiger partial charge < -0.3 is 9.47 Å². The predicted molar refractivity (Wildman–Crippen MR) is 93.1 cm³/mol. The topological polar surface area (TPSA) is 36.3 Å². The Morgan fingerprint density at radius 3 is 2.67 bits per heavy atom. The third-order valence-corrected chi connectivity index (χ3v) is 5.65. The molecule has 0 bridgehead atoms. The molecule has 0 radical (unpaired) electrons. The zero-order valence-corrected chi connectivity index (χ0v) is 15.9. The minimum absolute atomic E-state index is 0.241. The highest BCUT2D eigenvalue weighted by Gasteiger charge is 2.17. The Morgan fingerprint density at radius 2 is 2.05 bits per heavy atom. The molecule has 0 aliphatic rings. The van der Waals surface area contributed by atoms with Crippen LogP contribution in [0.1, 0.15) is 0 Å². The molecule has 116 valence electrons. The molecule has 2 aromatic rings. The van der Waals surface area contributed by atoms with Gasteiger partial charge in [0.2, 0.25) is 0 Å². The Labute approximate surface area is 138 Å². The first-order valence-electron chi connectivity index (χ1n) is 6.80. The highest BCUT2D eigenvalue weighted by atomic mass is 127. The summed E-state index contributed by atoms with van der Waals surface area (Å²) >= 11 is 2.09. The Kier molecular flexibility index (Phi) is 5.26. The monoisotopic (exact) mass is 422 g/mol. The van der Waals surface area contributed by atoms with Crippen molar-refractivity contribution in [3.05, 3.63) is 21.7 Å². The second-order valence-corrected chi connectivity index (χ2v) is 12.8. The lowest BCUT2D eigenvalue weighted by Crippen LogP contribution is -2.22. The van der Waals surface area contributed by atoms with Crippen molar-refractivity contribution in [2.24, 2.45) is 0 Å². The van der Waals surface area contributed by atoms with Crippen molar-refractivity contribution in [3.8, 4) is 5.75 Å². The van der Waals surface area contributed by atoms with Crippen molar-refractivity contribution >= 4 is 41.6 Å². The lowest BCUT2D eigenvalue weighted by molar-refractivity contribution is 0.0814. The summed E-state index contributed by atoms with van der Waals surface area (Å²) in [6, 6.07) is 4.23. The van der Waals surface area contributed by atoms with E-state index in [1.54, 1.807) is 10.7 Å². The van der Waals surface area contributed by atoms with Crippen LogP contribution < -0.4 is 4.74 Å². The number of nitrogens with zero attached hydrogens (tertiary/aromatic N) is 2. The van der Waals surface area contributed by atoms with Crippen LogP contribution in [0.5, 0.6) is 5.75 Å². The van der Waals surface area contributed by atoms with Crippen LogP contribution >= 0.6 is 22.6 Å². The minimum Gasteiger partial charge on any atom is -0.493 e. The van der Waals surface area contributed by atoms with Crippen molar-refractivity contribution in [1.29, 1.82) is 0 Å². The largest absolute Gasteiger partial charge is 0.493 e. The van der Waals surface area contributed by atoms with Crippen LogP contribution in [0, 0.1) is 9.52 Å². The van der Waals surface area contributed by atoms with Crippen molar-refractivity contribution in [3.63, 3.8) is 0 Å². The van der Waals surface area contributed by atoms with E-state index in [2.05, 4.69) is 47.3 Å². The average Bonchev–Trinajstić information content (AvgIpc) is 2.71. The maximum absolute atomic E-state index is 13.8. The molecule has 7 heteroatoms. The van der Waals surface area contributed by atoms with E-state index in [9.17, 15) is 4.39 Å². The molecule has 0 N–H and O–H groups in total. The standard InChI is InChI=1S/C14H20FIN2O2Si/c1-19-13-10(15)5-6-11-12(13)14(16)17-18(11)9-20-7-8-21(2,3)4/h5-6H,7-9H2,1-4H3. The molecule has 0 spiro atoms. The summed E-state index contributed by atoms with van der Waals surface area (Å²) in [7, 11) is 0.376. The molecule has 0 saturated heterocycles. The lowest BCUT2D eigenvalue weighted by Gasteiger charge is -2.15. The van der Waals surface area contributed by atoms with Gasteiger partial charge in [0.25, 0.3) is 0 Å². The average molecular weight is 422 g/mol. The summed E-state index contributed by atoms with van der Waals surface area (Å²) in [6.45, 7) is 8.05. The van der Waals surface area contributed by atoms with Gasteiger partial charge in [-0.25, -0.2) is 9.07 Å². The number of benzene rings is 1. The van der Waals surface area contributed by atoms with E-state index in [1.807, 2.05) is 0 Å². The molecule has 0 atom stereocenters. The van der Waals surface area contributed by atoms with E-state index in [1.165, 1.54) is 13.2 Å². The molecular weight excluding hydrogens is 402 g/mol. The molecule has 2 rings (SSSR count). The van der Waals surface area contributed by atoms with Crippen molar-refractivity contribution in [2.45, 2.75) is 32.4 Å². The number of ether oxygens (including phenoxy) is 2. The van der Waals surface area contributed by atoms with Gasteiger partial charge in [-0.1, -0.05) is 19.6 Å². The van der Waals surface area contributed by atoms with Crippen LogP contribution in [-0.4, -0.2) is 31.6 Å². The molecule has 4 nitrogen and oxygen atoms in total. The Balaban J connectivity index is 2.18. The van der Waals surface area contributed by atoms with Gasteiger partial charge in [-0.15, -0.1) is 0 Å². The van der Waals surface area contributed by atoms with Gasteiger partial charge in [-0.05, 0) is 40.8 Å². The van der Waals surface area contributed by atoms with Crippen molar-refractivity contribution < 1.29 is 13.9 Å². The van der Waals surface area contributed by atoms with Crippen LogP contribution in [0.15, 0.2) is 12.1 Å². The highest BCUT2D eigenvalue weighted by molar-refractivity contribution is 14.1.